The molecule has 0 atom stereocenters. The maximum absolute atomic E-state index is 11.0. The molecule has 74 valence electrons. The third kappa shape index (κ3) is 3.17. The number of rotatable bonds is 4. The number of benzene rings is 1. The van der Waals surface area contributed by atoms with Gasteiger partial charge in [0.2, 0.25) is 0 Å². The Morgan fingerprint density at radius 3 is 2.36 bits per heavy atom. The largest absolute Gasteiger partial charge is 0.295 e. The second kappa shape index (κ2) is 5.38. The molecule has 1 aromatic carbocycles. The highest BCUT2D eigenvalue weighted by molar-refractivity contribution is 5.93. The zero-order chi connectivity index (χ0) is 10.4. The molecule has 0 unspecified atom stereocenters. The average Bonchev–Trinajstić information content (AvgIpc) is 2.26. The number of carbonyl (C=O) groups excluding carboxylic acids is 1. The lowest BCUT2D eigenvalue weighted by molar-refractivity contribution is -0.114. The minimum Gasteiger partial charge on any atom is -0.295 e. The van der Waals surface area contributed by atoms with Crippen molar-refractivity contribution in [2.75, 3.05) is 0 Å². The van der Waals surface area contributed by atoms with E-state index in [1.165, 1.54) is 5.56 Å². The first-order chi connectivity index (χ1) is 6.76. The monoisotopic (exact) mass is 188 g/mol. The van der Waals surface area contributed by atoms with Gasteiger partial charge in [0.1, 0.15) is 0 Å². The summed E-state index contributed by atoms with van der Waals surface area (Å²) in [7, 11) is 0. The van der Waals surface area contributed by atoms with Gasteiger partial charge in [-0.1, -0.05) is 44.2 Å². The summed E-state index contributed by atoms with van der Waals surface area (Å²) >= 11 is 0. The highest BCUT2D eigenvalue weighted by Crippen LogP contribution is 2.06. The first-order valence-corrected chi connectivity index (χ1v) is 5.06. The fourth-order valence-corrected chi connectivity index (χ4v) is 1.17. The number of carbonyl (C=O) groups is 1. The average molecular weight is 188 g/mol. The summed E-state index contributed by atoms with van der Waals surface area (Å²) in [5.74, 6) is 0.171. The molecule has 0 saturated carbocycles. The second-order valence-electron chi connectivity index (χ2n) is 3.25. The topological polar surface area (TPSA) is 17.1 Å². The smallest absolute Gasteiger partial charge is 0.155 e. The van der Waals surface area contributed by atoms with Gasteiger partial charge in [-0.3, -0.25) is 4.79 Å². The highest BCUT2D eigenvalue weighted by Gasteiger charge is 1.91. The molecule has 0 aromatic heterocycles. The standard InChI is InChI=1S/C13H16O/c1-3-11-5-7-12(8-6-11)9-10-13(14)4-2/h5-10H,3-4H2,1-2H3/b10-9+. The predicted octanol–water partition coefficient (Wildman–Crippen LogP) is 3.24. The third-order valence-electron chi connectivity index (χ3n) is 2.20. The van der Waals surface area contributed by atoms with Crippen molar-refractivity contribution in [3.8, 4) is 0 Å². The minimum absolute atomic E-state index is 0.171. The van der Waals surface area contributed by atoms with Gasteiger partial charge < -0.3 is 0 Å². The molecular weight excluding hydrogens is 172 g/mol. The van der Waals surface area contributed by atoms with E-state index in [9.17, 15) is 4.79 Å². The Morgan fingerprint density at radius 1 is 1.21 bits per heavy atom. The van der Waals surface area contributed by atoms with Gasteiger partial charge >= 0.3 is 0 Å². The Balaban J connectivity index is 2.68. The van der Waals surface area contributed by atoms with E-state index >= 15 is 0 Å². The molecule has 0 bridgehead atoms. The third-order valence-corrected chi connectivity index (χ3v) is 2.20. The van der Waals surface area contributed by atoms with Crippen LogP contribution in [0.15, 0.2) is 30.3 Å². The number of hydrogen-bond acceptors (Lipinski definition) is 1. The van der Waals surface area contributed by atoms with Gasteiger partial charge in [-0.05, 0) is 23.6 Å². The molecule has 0 aliphatic carbocycles. The van der Waals surface area contributed by atoms with Crippen molar-refractivity contribution in [1.29, 1.82) is 0 Å². The van der Waals surface area contributed by atoms with Crippen LogP contribution in [0.25, 0.3) is 6.08 Å². The van der Waals surface area contributed by atoms with Gasteiger partial charge in [0.25, 0.3) is 0 Å². The van der Waals surface area contributed by atoms with E-state index < -0.39 is 0 Å². The van der Waals surface area contributed by atoms with Crippen molar-refractivity contribution in [2.45, 2.75) is 26.7 Å². The van der Waals surface area contributed by atoms with Crippen LogP contribution in [0.5, 0.6) is 0 Å². The molecule has 0 aliphatic heterocycles. The molecule has 1 nitrogen and oxygen atoms in total. The maximum Gasteiger partial charge on any atom is 0.155 e. The number of ketones is 1. The van der Waals surface area contributed by atoms with Crippen LogP contribution < -0.4 is 0 Å². The van der Waals surface area contributed by atoms with Gasteiger partial charge in [-0.2, -0.15) is 0 Å². The Hall–Kier alpha value is -1.37. The molecule has 1 rings (SSSR count). The van der Waals surface area contributed by atoms with Crippen LogP contribution >= 0.6 is 0 Å². The van der Waals surface area contributed by atoms with Crippen molar-refractivity contribution in [1.82, 2.24) is 0 Å². The molecule has 0 saturated heterocycles. The van der Waals surface area contributed by atoms with E-state index in [1.54, 1.807) is 6.08 Å². The zero-order valence-corrected chi connectivity index (χ0v) is 8.79. The predicted molar refractivity (Wildman–Crippen MR) is 60.2 cm³/mol. The fourth-order valence-electron chi connectivity index (χ4n) is 1.17. The normalized spacial score (nSPS) is 10.7. The Morgan fingerprint density at radius 2 is 1.86 bits per heavy atom. The van der Waals surface area contributed by atoms with Crippen molar-refractivity contribution in [3.05, 3.63) is 41.5 Å². The SMILES string of the molecule is CCC(=O)/C=C/c1ccc(CC)cc1. The molecule has 0 fully saturated rings. The van der Waals surface area contributed by atoms with Crippen LogP contribution in [0.4, 0.5) is 0 Å². The lowest BCUT2D eigenvalue weighted by Crippen LogP contribution is -1.86. The molecule has 0 heterocycles. The summed E-state index contributed by atoms with van der Waals surface area (Å²) in [4.78, 5) is 11.0. The van der Waals surface area contributed by atoms with Gasteiger partial charge in [0, 0.05) is 6.42 Å². The number of allylic oxidation sites excluding steroid dienone is 1. The van der Waals surface area contributed by atoms with Gasteiger partial charge in [-0.25, -0.2) is 0 Å². The van der Waals surface area contributed by atoms with Gasteiger partial charge in [0.05, 0.1) is 0 Å². The van der Waals surface area contributed by atoms with Crippen LogP contribution in [-0.4, -0.2) is 5.78 Å². The minimum atomic E-state index is 0.171. The molecule has 0 spiro atoms. The van der Waals surface area contributed by atoms with Crippen molar-refractivity contribution in [3.63, 3.8) is 0 Å². The van der Waals surface area contributed by atoms with Crippen LogP contribution in [-0.2, 0) is 11.2 Å². The Bertz CT molecular complexity index is 320. The Kier molecular flexibility index (Phi) is 4.11. The van der Waals surface area contributed by atoms with Crippen LogP contribution in [0, 0.1) is 0 Å². The van der Waals surface area contributed by atoms with Gasteiger partial charge in [0.15, 0.2) is 5.78 Å². The summed E-state index contributed by atoms with van der Waals surface area (Å²) in [5.41, 5.74) is 2.41. The first-order valence-electron chi connectivity index (χ1n) is 5.06. The van der Waals surface area contributed by atoms with Crippen molar-refractivity contribution < 1.29 is 4.79 Å². The highest BCUT2D eigenvalue weighted by atomic mass is 16.1. The molecular formula is C13H16O. The summed E-state index contributed by atoms with van der Waals surface area (Å²) < 4.78 is 0. The number of hydrogen-bond donors (Lipinski definition) is 0. The molecule has 0 amide bonds. The summed E-state index contributed by atoms with van der Waals surface area (Å²) in [6.45, 7) is 4.00. The van der Waals surface area contributed by atoms with Crippen LogP contribution in [0.3, 0.4) is 0 Å². The lowest BCUT2D eigenvalue weighted by Gasteiger charge is -1.96. The van der Waals surface area contributed by atoms with Crippen molar-refractivity contribution >= 4 is 11.9 Å². The Labute approximate surface area is 85.5 Å². The first kappa shape index (κ1) is 10.7. The van der Waals surface area contributed by atoms with Crippen LogP contribution in [0.1, 0.15) is 31.4 Å². The lowest BCUT2D eigenvalue weighted by atomic mass is 10.1. The molecule has 0 radical (unpaired) electrons. The summed E-state index contributed by atoms with van der Waals surface area (Å²) in [6.07, 6.45) is 5.13. The molecule has 14 heavy (non-hydrogen) atoms. The zero-order valence-electron chi connectivity index (χ0n) is 8.79. The summed E-state index contributed by atoms with van der Waals surface area (Å²) in [5, 5.41) is 0. The van der Waals surface area contributed by atoms with E-state index in [4.69, 9.17) is 0 Å². The van der Waals surface area contributed by atoms with E-state index in [2.05, 4.69) is 19.1 Å². The quantitative estimate of drug-likeness (QED) is 0.663. The second-order valence-corrected chi connectivity index (χ2v) is 3.25. The van der Waals surface area contributed by atoms with Gasteiger partial charge in [-0.15, -0.1) is 0 Å². The summed E-state index contributed by atoms with van der Waals surface area (Å²) in [6, 6.07) is 8.27. The van der Waals surface area contributed by atoms with E-state index in [0.717, 1.165) is 12.0 Å². The van der Waals surface area contributed by atoms with Crippen LogP contribution in [0.2, 0.25) is 0 Å². The van der Waals surface area contributed by atoms with E-state index in [1.807, 2.05) is 25.1 Å². The van der Waals surface area contributed by atoms with E-state index in [0.29, 0.717) is 6.42 Å². The van der Waals surface area contributed by atoms with Crippen molar-refractivity contribution in [2.24, 2.45) is 0 Å². The maximum atomic E-state index is 11.0. The molecule has 1 aromatic rings. The molecule has 0 aliphatic rings. The fraction of sp³-hybridized carbons (Fsp3) is 0.308. The number of aryl methyl sites for hydroxylation is 1. The molecule has 1 heteroatoms. The molecule has 0 N–H and O–H groups in total. The van der Waals surface area contributed by atoms with E-state index in [-0.39, 0.29) is 5.78 Å².